The van der Waals surface area contributed by atoms with Crippen molar-refractivity contribution in [3.8, 4) is 0 Å². The minimum absolute atomic E-state index is 0.00675. The highest BCUT2D eigenvalue weighted by atomic mass is 79.9. The van der Waals surface area contributed by atoms with Crippen LogP contribution < -0.4 is 10.3 Å². The minimum atomic E-state index is -0.439. The van der Waals surface area contributed by atoms with E-state index in [4.69, 9.17) is 0 Å². The lowest BCUT2D eigenvalue weighted by molar-refractivity contribution is -0.384. The van der Waals surface area contributed by atoms with E-state index in [1.165, 1.54) is 18.3 Å². The molecule has 3 rings (SSSR count). The number of hydrogen-bond acceptors (Lipinski definition) is 5. The van der Waals surface area contributed by atoms with Crippen LogP contribution in [0.5, 0.6) is 0 Å². The number of non-ortho nitro benzene ring substituents is 1. The zero-order valence-electron chi connectivity index (χ0n) is 13.9. The molecule has 1 saturated heterocycles. The molecular formula is C18H17BrN4O3. The Morgan fingerprint density at radius 3 is 2.69 bits per heavy atom. The molecular weight excluding hydrogens is 400 g/mol. The molecule has 26 heavy (non-hydrogen) atoms. The zero-order valence-corrected chi connectivity index (χ0v) is 15.5. The third-order valence-electron chi connectivity index (χ3n) is 4.13. The average molecular weight is 417 g/mol. The van der Waals surface area contributed by atoms with Gasteiger partial charge in [-0.05, 0) is 37.1 Å². The number of carbonyl (C=O) groups is 1. The van der Waals surface area contributed by atoms with E-state index < -0.39 is 4.92 Å². The largest absolute Gasteiger partial charge is 0.371 e. The number of halogens is 1. The first-order valence-electron chi connectivity index (χ1n) is 8.17. The second-order valence-corrected chi connectivity index (χ2v) is 6.82. The fraction of sp³-hybridized carbons (Fsp3) is 0.222. The van der Waals surface area contributed by atoms with Crippen LogP contribution in [-0.4, -0.2) is 30.1 Å². The quantitative estimate of drug-likeness (QED) is 0.456. The Balaban J connectivity index is 1.80. The molecule has 2 aromatic rings. The molecule has 1 heterocycles. The number of anilines is 1. The Labute approximate surface area is 159 Å². The summed E-state index contributed by atoms with van der Waals surface area (Å²) in [7, 11) is 0. The van der Waals surface area contributed by atoms with Crippen LogP contribution in [0.25, 0.3) is 0 Å². The number of benzene rings is 2. The van der Waals surface area contributed by atoms with E-state index in [1.54, 1.807) is 24.3 Å². The first-order chi connectivity index (χ1) is 12.5. The van der Waals surface area contributed by atoms with Crippen molar-refractivity contribution >= 4 is 39.4 Å². The summed E-state index contributed by atoms with van der Waals surface area (Å²) in [6, 6.07) is 11.7. The summed E-state index contributed by atoms with van der Waals surface area (Å²) in [5, 5.41) is 15.0. The molecule has 8 heteroatoms. The minimum Gasteiger partial charge on any atom is -0.371 e. The van der Waals surface area contributed by atoms with Gasteiger partial charge in [-0.3, -0.25) is 14.9 Å². The summed E-state index contributed by atoms with van der Waals surface area (Å²) in [6.07, 6.45) is 3.64. The molecule has 0 spiro atoms. The number of carbonyl (C=O) groups excluding carboxylic acids is 1. The maximum absolute atomic E-state index is 12.1. The van der Waals surface area contributed by atoms with Crippen LogP contribution in [0.1, 0.15) is 28.8 Å². The molecule has 1 amide bonds. The van der Waals surface area contributed by atoms with E-state index in [9.17, 15) is 14.9 Å². The molecule has 1 aliphatic rings. The topological polar surface area (TPSA) is 87.8 Å². The highest BCUT2D eigenvalue weighted by molar-refractivity contribution is 9.10. The van der Waals surface area contributed by atoms with Crippen molar-refractivity contribution in [1.82, 2.24) is 5.43 Å². The summed E-state index contributed by atoms with van der Waals surface area (Å²) in [6.45, 7) is 1.81. The summed E-state index contributed by atoms with van der Waals surface area (Å²) in [4.78, 5) is 24.9. The fourth-order valence-corrected chi connectivity index (χ4v) is 3.26. The molecule has 0 aliphatic carbocycles. The Kier molecular flexibility index (Phi) is 5.62. The third kappa shape index (κ3) is 4.26. The number of nitro groups is 1. The van der Waals surface area contributed by atoms with Gasteiger partial charge in [-0.2, -0.15) is 5.10 Å². The maximum atomic E-state index is 12.1. The van der Waals surface area contributed by atoms with Crippen LogP contribution in [0, 0.1) is 10.1 Å². The van der Waals surface area contributed by atoms with E-state index >= 15 is 0 Å². The lowest BCUT2D eigenvalue weighted by Gasteiger charge is -2.19. The van der Waals surface area contributed by atoms with Crippen LogP contribution in [-0.2, 0) is 0 Å². The molecule has 1 fully saturated rings. The number of hydrazone groups is 1. The molecule has 1 aliphatic heterocycles. The number of rotatable bonds is 5. The first-order valence-corrected chi connectivity index (χ1v) is 8.96. The Morgan fingerprint density at radius 1 is 1.23 bits per heavy atom. The van der Waals surface area contributed by atoms with Gasteiger partial charge < -0.3 is 4.90 Å². The van der Waals surface area contributed by atoms with Crippen LogP contribution in [0.3, 0.4) is 0 Å². The molecule has 0 bridgehead atoms. The van der Waals surface area contributed by atoms with Gasteiger partial charge in [-0.1, -0.05) is 22.0 Å². The third-order valence-corrected chi connectivity index (χ3v) is 4.62. The number of nitrogens with zero attached hydrogens (tertiary/aromatic N) is 3. The van der Waals surface area contributed by atoms with Gasteiger partial charge in [0.1, 0.15) is 0 Å². The standard InChI is InChI=1S/C18H17BrN4O3/c19-15-5-3-4-13(10-15)18(24)21-20-12-14-11-16(23(25)26)6-7-17(14)22-8-1-2-9-22/h3-7,10-12H,1-2,8-9H2,(H,21,24)/b20-12-. The van der Waals surface area contributed by atoms with Gasteiger partial charge in [0.05, 0.1) is 11.1 Å². The monoisotopic (exact) mass is 416 g/mol. The van der Waals surface area contributed by atoms with Crippen molar-refractivity contribution in [3.63, 3.8) is 0 Å². The van der Waals surface area contributed by atoms with Gasteiger partial charge in [-0.15, -0.1) is 0 Å². The number of nitrogens with one attached hydrogen (secondary N) is 1. The predicted molar refractivity (Wildman–Crippen MR) is 104 cm³/mol. The van der Waals surface area contributed by atoms with Gasteiger partial charge in [0.25, 0.3) is 11.6 Å². The SMILES string of the molecule is O=C(N/N=C\c1cc([N+](=O)[O-])ccc1N1CCCC1)c1cccc(Br)c1. The zero-order chi connectivity index (χ0) is 18.5. The van der Waals surface area contributed by atoms with E-state index in [2.05, 4.69) is 31.4 Å². The summed E-state index contributed by atoms with van der Waals surface area (Å²) in [5.41, 5.74) is 4.41. The highest BCUT2D eigenvalue weighted by Crippen LogP contribution is 2.27. The molecule has 134 valence electrons. The smallest absolute Gasteiger partial charge is 0.271 e. The van der Waals surface area contributed by atoms with E-state index in [0.717, 1.165) is 36.1 Å². The number of hydrogen-bond donors (Lipinski definition) is 1. The maximum Gasteiger partial charge on any atom is 0.271 e. The number of nitro benzene ring substituents is 1. The van der Waals surface area contributed by atoms with Crippen molar-refractivity contribution < 1.29 is 9.72 Å². The lowest BCUT2D eigenvalue weighted by atomic mass is 10.1. The second-order valence-electron chi connectivity index (χ2n) is 5.90. The fourth-order valence-electron chi connectivity index (χ4n) is 2.86. The summed E-state index contributed by atoms with van der Waals surface area (Å²) in [5.74, 6) is -0.351. The molecule has 0 radical (unpaired) electrons. The van der Waals surface area contributed by atoms with Gasteiger partial charge >= 0.3 is 0 Å². The highest BCUT2D eigenvalue weighted by Gasteiger charge is 2.18. The van der Waals surface area contributed by atoms with Gasteiger partial charge in [0, 0.05) is 46.5 Å². The van der Waals surface area contributed by atoms with Crippen molar-refractivity contribution in [3.05, 3.63) is 68.2 Å². The Morgan fingerprint density at radius 2 is 2.00 bits per heavy atom. The second kappa shape index (κ2) is 8.09. The molecule has 1 N–H and O–H groups in total. The molecule has 0 atom stereocenters. The van der Waals surface area contributed by atoms with Gasteiger partial charge in [0.2, 0.25) is 0 Å². The predicted octanol–water partition coefficient (Wildman–Crippen LogP) is 3.72. The molecule has 0 unspecified atom stereocenters. The van der Waals surface area contributed by atoms with Crippen LogP contribution in [0.4, 0.5) is 11.4 Å². The van der Waals surface area contributed by atoms with Gasteiger partial charge in [0.15, 0.2) is 0 Å². The van der Waals surface area contributed by atoms with Gasteiger partial charge in [-0.25, -0.2) is 5.43 Å². The van der Waals surface area contributed by atoms with Crippen LogP contribution in [0.2, 0.25) is 0 Å². The van der Waals surface area contributed by atoms with Crippen molar-refractivity contribution in [2.45, 2.75) is 12.8 Å². The number of amides is 1. The molecule has 0 saturated carbocycles. The normalized spacial score (nSPS) is 14.0. The van der Waals surface area contributed by atoms with E-state index in [0.29, 0.717) is 11.1 Å². The average Bonchev–Trinajstić information content (AvgIpc) is 3.16. The van der Waals surface area contributed by atoms with Crippen LogP contribution in [0.15, 0.2) is 52.0 Å². The molecule has 7 nitrogen and oxygen atoms in total. The van der Waals surface area contributed by atoms with Crippen molar-refractivity contribution in [1.29, 1.82) is 0 Å². The Hall–Kier alpha value is -2.74. The van der Waals surface area contributed by atoms with E-state index in [-0.39, 0.29) is 11.6 Å². The molecule has 0 aromatic heterocycles. The first kappa shape index (κ1) is 18.1. The Bertz CT molecular complexity index is 863. The lowest BCUT2D eigenvalue weighted by Crippen LogP contribution is -2.20. The van der Waals surface area contributed by atoms with Crippen molar-refractivity contribution in [2.24, 2.45) is 5.10 Å². The summed E-state index contributed by atoms with van der Waals surface area (Å²) < 4.78 is 0.795. The summed E-state index contributed by atoms with van der Waals surface area (Å²) >= 11 is 3.32. The van der Waals surface area contributed by atoms with Crippen LogP contribution >= 0.6 is 15.9 Å². The van der Waals surface area contributed by atoms with Crippen molar-refractivity contribution in [2.75, 3.05) is 18.0 Å². The molecule has 2 aromatic carbocycles. The van der Waals surface area contributed by atoms with E-state index in [1.807, 2.05) is 6.07 Å².